The van der Waals surface area contributed by atoms with Crippen LogP contribution in [0.3, 0.4) is 0 Å². The van der Waals surface area contributed by atoms with E-state index in [-0.39, 0.29) is 0 Å². The van der Waals surface area contributed by atoms with Gasteiger partial charge in [0.15, 0.2) is 0 Å². The molecule has 0 radical (unpaired) electrons. The van der Waals surface area contributed by atoms with Gasteiger partial charge >= 0.3 is 0 Å². The molecule has 16 heavy (non-hydrogen) atoms. The lowest BCUT2D eigenvalue weighted by Crippen LogP contribution is -2.14. The minimum Gasteiger partial charge on any atom is -0.345 e. The number of hydrogen-bond donors (Lipinski definition) is 2. The number of hydrogen-bond acceptors (Lipinski definition) is 2. The molecule has 3 heteroatoms. The predicted molar refractivity (Wildman–Crippen MR) is 70.7 cm³/mol. The van der Waals surface area contributed by atoms with Crippen LogP contribution >= 0.6 is 0 Å². The molecule has 1 aromatic heterocycles. The van der Waals surface area contributed by atoms with Gasteiger partial charge in [0.2, 0.25) is 0 Å². The number of imidazole rings is 1. The molecule has 1 aliphatic rings. The summed E-state index contributed by atoms with van der Waals surface area (Å²) >= 11 is 0. The Kier molecular flexibility index (Phi) is 7.90. The molecular weight excluding hydrogens is 198 g/mol. The van der Waals surface area contributed by atoms with Crippen LogP contribution in [-0.4, -0.2) is 16.5 Å². The number of aryl methyl sites for hydroxylation is 2. The first-order valence-corrected chi connectivity index (χ1v) is 6.54. The maximum Gasteiger partial charge on any atom is 0.123 e. The van der Waals surface area contributed by atoms with Crippen LogP contribution in [0.5, 0.6) is 0 Å². The maximum absolute atomic E-state index is 4.47. The second kappa shape index (κ2) is 8.34. The van der Waals surface area contributed by atoms with E-state index in [1.165, 1.54) is 18.5 Å². The first-order valence-electron chi connectivity index (χ1n) is 6.54. The molecular formula is C13H27N3. The summed E-state index contributed by atoms with van der Waals surface area (Å²) in [5.41, 5.74) is 2.32. The fourth-order valence-electron chi connectivity index (χ4n) is 1.66. The van der Waals surface area contributed by atoms with Crippen LogP contribution in [0.25, 0.3) is 0 Å². The molecule has 0 spiro atoms. The summed E-state index contributed by atoms with van der Waals surface area (Å²) in [5, 5.41) is 3.42. The van der Waals surface area contributed by atoms with Gasteiger partial charge in [-0.25, -0.2) is 4.98 Å². The minimum atomic E-state index is 0.470. The topological polar surface area (TPSA) is 40.7 Å². The van der Waals surface area contributed by atoms with Crippen LogP contribution in [0.4, 0.5) is 0 Å². The van der Waals surface area contributed by atoms with Crippen LogP contribution < -0.4 is 5.32 Å². The van der Waals surface area contributed by atoms with Gasteiger partial charge in [0.1, 0.15) is 5.82 Å². The molecule has 1 unspecified atom stereocenters. The summed E-state index contributed by atoms with van der Waals surface area (Å²) in [5.74, 6) is 1.11. The van der Waals surface area contributed by atoms with Gasteiger partial charge < -0.3 is 10.3 Å². The van der Waals surface area contributed by atoms with Gasteiger partial charge in [0.25, 0.3) is 0 Å². The highest BCUT2D eigenvalue weighted by Gasteiger charge is 2.19. The first kappa shape index (κ1) is 15.2. The van der Waals surface area contributed by atoms with Crippen molar-refractivity contribution in [3.8, 4) is 0 Å². The van der Waals surface area contributed by atoms with E-state index in [1.807, 2.05) is 34.6 Å². The molecule has 1 fully saturated rings. The Balaban J connectivity index is 0.000000509. The Morgan fingerprint density at radius 1 is 1.12 bits per heavy atom. The van der Waals surface area contributed by atoms with Gasteiger partial charge in [-0.05, 0) is 33.2 Å². The van der Waals surface area contributed by atoms with Gasteiger partial charge in [-0.1, -0.05) is 27.7 Å². The van der Waals surface area contributed by atoms with Crippen molar-refractivity contribution in [1.29, 1.82) is 0 Å². The lowest BCUT2D eigenvalue weighted by molar-refractivity contribution is 0.611. The lowest BCUT2D eigenvalue weighted by Gasteiger charge is -2.04. The zero-order valence-corrected chi connectivity index (χ0v) is 11.6. The van der Waals surface area contributed by atoms with Crippen LogP contribution in [-0.2, 0) is 0 Å². The van der Waals surface area contributed by atoms with E-state index in [0.29, 0.717) is 6.04 Å². The Morgan fingerprint density at radius 2 is 1.75 bits per heavy atom. The fraction of sp³-hybridized carbons (Fsp3) is 0.769. The van der Waals surface area contributed by atoms with E-state index >= 15 is 0 Å². The third kappa shape index (κ3) is 3.97. The van der Waals surface area contributed by atoms with Crippen LogP contribution in [0.1, 0.15) is 63.8 Å². The molecule has 1 aliphatic heterocycles. The molecule has 0 amide bonds. The maximum atomic E-state index is 4.47. The SMILES string of the molecule is CC.CC.Cc1nc(C2CCCN2)[nH]c1C. The number of rotatable bonds is 1. The molecule has 1 saturated heterocycles. The molecule has 2 heterocycles. The molecule has 1 atom stereocenters. The van der Waals surface area contributed by atoms with E-state index < -0.39 is 0 Å². The summed E-state index contributed by atoms with van der Waals surface area (Å²) in [7, 11) is 0. The van der Waals surface area contributed by atoms with Crippen LogP contribution in [0, 0.1) is 13.8 Å². The van der Waals surface area contributed by atoms with E-state index in [9.17, 15) is 0 Å². The fourth-order valence-corrected chi connectivity index (χ4v) is 1.66. The molecule has 0 aromatic carbocycles. The van der Waals surface area contributed by atoms with Crippen molar-refractivity contribution in [2.75, 3.05) is 6.54 Å². The van der Waals surface area contributed by atoms with Gasteiger partial charge in [-0.3, -0.25) is 0 Å². The average molecular weight is 225 g/mol. The van der Waals surface area contributed by atoms with Crippen molar-refractivity contribution in [1.82, 2.24) is 15.3 Å². The number of nitrogens with zero attached hydrogens (tertiary/aromatic N) is 1. The van der Waals surface area contributed by atoms with Crippen molar-refractivity contribution in [2.45, 2.75) is 60.4 Å². The normalized spacial score (nSPS) is 18.2. The van der Waals surface area contributed by atoms with Gasteiger partial charge in [0, 0.05) is 5.69 Å². The summed E-state index contributed by atoms with van der Waals surface area (Å²) in [6.45, 7) is 13.2. The highest BCUT2D eigenvalue weighted by molar-refractivity contribution is 5.13. The van der Waals surface area contributed by atoms with E-state index in [4.69, 9.17) is 0 Å². The Hall–Kier alpha value is -0.830. The monoisotopic (exact) mass is 225 g/mol. The third-order valence-corrected chi connectivity index (χ3v) is 2.54. The molecule has 0 saturated carbocycles. The minimum absolute atomic E-state index is 0.470. The third-order valence-electron chi connectivity index (χ3n) is 2.54. The molecule has 2 N–H and O–H groups in total. The zero-order chi connectivity index (χ0) is 12.6. The largest absolute Gasteiger partial charge is 0.345 e. The molecule has 2 rings (SSSR count). The van der Waals surface area contributed by atoms with E-state index in [0.717, 1.165) is 18.1 Å². The first-order chi connectivity index (χ1) is 7.77. The average Bonchev–Trinajstić information content (AvgIpc) is 2.95. The standard InChI is InChI=1S/C9H15N3.2C2H6/c1-6-7(2)12-9(11-6)8-4-3-5-10-8;2*1-2/h8,10H,3-5H2,1-2H3,(H,11,12);2*1-2H3. The Morgan fingerprint density at radius 3 is 2.12 bits per heavy atom. The predicted octanol–water partition coefficient (Wildman–Crippen LogP) is 3.50. The summed E-state index contributed by atoms with van der Waals surface area (Å²) in [4.78, 5) is 7.79. The molecule has 3 nitrogen and oxygen atoms in total. The smallest absolute Gasteiger partial charge is 0.123 e. The van der Waals surface area contributed by atoms with Crippen LogP contribution in [0.2, 0.25) is 0 Å². The van der Waals surface area contributed by atoms with Crippen LogP contribution in [0.15, 0.2) is 0 Å². The second-order valence-electron chi connectivity index (χ2n) is 3.48. The van der Waals surface area contributed by atoms with Crippen molar-refractivity contribution in [3.05, 3.63) is 17.2 Å². The zero-order valence-electron chi connectivity index (χ0n) is 11.6. The van der Waals surface area contributed by atoms with Crippen molar-refractivity contribution in [2.24, 2.45) is 0 Å². The molecule has 0 bridgehead atoms. The number of nitrogens with one attached hydrogen (secondary N) is 2. The van der Waals surface area contributed by atoms with Crippen molar-refractivity contribution in [3.63, 3.8) is 0 Å². The second-order valence-corrected chi connectivity index (χ2v) is 3.48. The van der Waals surface area contributed by atoms with E-state index in [2.05, 4.69) is 22.2 Å². The summed E-state index contributed by atoms with van der Waals surface area (Å²) in [6, 6.07) is 0.470. The van der Waals surface area contributed by atoms with Gasteiger partial charge in [-0.2, -0.15) is 0 Å². The van der Waals surface area contributed by atoms with Crippen molar-refractivity contribution >= 4 is 0 Å². The van der Waals surface area contributed by atoms with E-state index in [1.54, 1.807) is 0 Å². The highest BCUT2D eigenvalue weighted by Crippen LogP contribution is 2.20. The number of aromatic nitrogens is 2. The van der Waals surface area contributed by atoms with Gasteiger partial charge in [-0.15, -0.1) is 0 Å². The molecule has 1 aromatic rings. The van der Waals surface area contributed by atoms with Gasteiger partial charge in [0.05, 0.1) is 11.7 Å². The lowest BCUT2D eigenvalue weighted by atomic mass is 10.2. The highest BCUT2D eigenvalue weighted by atomic mass is 15.0. The number of H-pyrrole nitrogens is 1. The molecule has 94 valence electrons. The Labute approximate surface area is 100 Å². The summed E-state index contributed by atoms with van der Waals surface area (Å²) in [6.07, 6.45) is 2.48. The number of aromatic amines is 1. The Bertz CT molecular complexity index is 253. The molecule has 0 aliphatic carbocycles. The van der Waals surface area contributed by atoms with Crippen molar-refractivity contribution < 1.29 is 0 Å². The quantitative estimate of drug-likeness (QED) is 0.768. The summed E-state index contributed by atoms with van der Waals surface area (Å²) < 4.78 is 0.